The molecule has 0 radical (unpaired) electrons. The van der Waals surface area contributed by atoms with Gasteiger partial charge in [-0.25, -0.2) is 4.39 Å². The number of hydrogen-bond donors (Lipinski definition) is 1. The van der Waals surface area contributed by atoms with Crippen LogP contribution in [0.1, 0.15) is 17.2 Å². The van der Waals surface area contributed by atoms with Crippen molar-refractivity contribution >= 4 is 15.9 Å². The molecule has 2 aromatic carbocycles. The zero-order valence-corrected chi connectivity index (χ0v) is 12.0. The van der Waals surface area contributed by atoms with E-state index in [9.17, 15) is 9.50 Å². The Bertz CT molecular complexity index is 572. The highest BCUT2D eigenvalue weighted by atomic mass is 79.9. The molecular formula is C15H14BrFO2. The van der Waals surface area contributed by atoms with Gasteiger partial charge >= 0.3 is 0 Å². The van der Waals surface area contributed by atoms with Gasteiger partial charge in [-0.15, -0.1) is 0 Å². The summed E-state index contributed by atoms with van der Waals surface area (Å²) in [5.41, 5.74) is 1.63. The molecular weight excluding hydrogens is 311 g/mol. The molecule has 0 fully saturated rings. The Labute approximate surface area is 120 Å². The first-order valence-electron chi connectivity index (χ1n) is 5.86. The highest BCUT2D eigenvalue weighted by Crippen LogP contribution is 2.27. The molecule has 0 spiro atoms. The van der Waals surface area contributed by atoms with E-state index in [1.807, 2.05) is 24.3 Å². The average Bonchev–Trinajstić information content (AvgIpc) is 2.42. The maximum Gasteiger partial charge on any atom is 0.165 e. The molecule has 0 aliphatic heterocycles. The van der Waals surface area contributed by atoms with Gasteiger partial charge in [0.15, 0.2) is 11.6 Å². The third-order valence-electron chi connectivity index (χ3n) is 2.93. The summed E-state index contributed by atoms with van der Waals surface area (Å²) >= 11 is 3.44. The lowest BCUT2D eigenvalue weighted by Gasteiger charge is -2.13. The standard InChI is InChI=1S/C15H14BrFO2/c1-19-15-9-11(6-7-13(15)17)14(18)8-10-4-2-3-5-12(10)16/h2-7,9,14,18H,8H2,1H3. The molecule has 1 unspecified atom stereocenters. The fraction of sp³-hybridized carbons (Fsp3) is 0.200. The predicted octanol–water partition coefficient (Wildman–Crippen LogP) is 3.87. The number of benzene rings is 2. The summed E-state index contributed by atoms with van der Waals surface area (Å²) in [5, 5.41) is 10.2. The van der Waals surface area contributed by atoms with Crippen LogP contribution < -0.4 is 4.74 Å². The van der Waals surface area contributed by atoms with E-state index in [2.05, 4.69) is 15.9 Å². The van der Waals surface area contributed by atoms with E-state index in [0.29, 0.717) is 12.0 Å². The van der Waals surface area contributed by atoms with Crippen LogP contribution in [0.15, 0.2) is 46.9 Å². The molecule has 0 amide bonds. The number of ether oxygens (including phenoxy) is 1. The minimum absolute atomic E-state index is 0.142. The maximum atomic E-state index is 13.3. The SMILES string of the molecule is COc1cc(C(O)Cc2ccccc2Br)ccc1F. The smallest absolute Gasteiger partial charge is 0.165 e. The molecule has 0 aromatic heterocycles. The Morgan fingerprint density at radius 2 is 2.00 bits per heavy atom. The third kappa shape index (κ3) is 3.33. The number of aliphatic hydroxyl groups is 1. The van der Waals surface area contributed by atoms with Gasteiger partial charge in [0.05, 0.1) is 13.2 Å². The van der Waals surface area contributed by atoms with Crippen molar-refractivity contribution in [2.75, 3.05) is 7.11 Å². The second-order valence-electron chi connectivity index (χ2n) is 4.21. The van der Waals surface area contributed by atoms with Crippen molar-refractivity contribution in [3.63, 3.8) is 0 Å². The lowest BCUT2D eigenvalue weighted by Crippen LogP contribution is -2.03. The summed E-state index contributed by atoms with van der Waals surface area (Å²) in [6.45, 7) is 0. The third-order valence-corrected chi connectivity index (χ3v) is 3.70. The molecule has 2 aromatic rings. The van der Waals surface area contributed by atoms with Gasteiger partial charge in [-0.1, -0.05) is 40.2 Å². The molecule has 0 bridgehead atoms. The lowest BCUT2D eigenvalue weighted by atomic mass is 10.0. The number of rotatable bonds is 4. The van der Waals surface area contributed by atoms with Gasteiger partial charge in [-0.2, -0.15) is 0 Å². The summed E-state index contributed by atoms with van der Waals surface area (Å²) in [5.74, 6) is -0.289. The van der Waals surface area contributed by atoms with E-state index in [1.165, 1.54) is 19.2 Å². The minimum atomic E-state index is -0.701. The normalized spacial score (nSPS) is 12.2. The Kier molecular flexibility index (Phi) is 4.56. The summed E-state index contributed by atoms with van der Waals surface area (Å²) in [6.07, 6.45) is -0.246. The van der Waals surface area contributed by atoms with Gasteiger partial charge in [0.1, 0.15) is 0 Å². The first-order chi connectivity index (χ1) is 9.11. The quantitative estimate of drug-likeness (QED) is 0.925. The molecule has 0 saturated carbocycles. The van der Waals surface area contributed by atoms with Crippen LogP contribution in [0.2, 0.25) is 0 Å². The second-order valence-corrected chi connectivity index (χ2v) is 5.06. The fourth-order valence-electron chi connectivity index (χ4n) is 1.87. The van der Waals surface area contributed by atoms with Crippen molar-refractivity contribution < 1.29 is 14.2 Å². The number of aliphatic hydroxyl groups excluding tert-OH is 1. The average molecular weight is 325 g/mol. The van der Waals surface area contributed by atoms with E-state index in [0.717, 1.165) is 10.0 Å². The van der Waals surface area contributed by atoms with E-state index in [4.69, 9.17) is 4.74 Å². The van der Waals surface area contributed by atoms with Crippen LogP contribution in [0.3, 0.4) is 0 Å². The molecule has 1 atom stereocenters. The first kappa shape index (κ1) is 14.0. The first-order valence-corrected chi connectivity index (χ1v) is 6.66. The van der Waals surface area contributed by atoms with Crippen LogP contribution in [0.4, 0.5) is 4.39 Å². The van der Waals surface area contributed by atoms with Gasteiger partial charge in [-0.3, -0.25) is 0 Å². The molecule has 0 aliphatic carbocycles. The van der Waals surface area contributed by atoms with Crippen molar-refractivity contribution in [1.82, 2.24) is 0 Å². The van der Waals surface area contributed by atoms with Gasteiger partial charge in [0.2, 0.25) is 0 Å². The Balaban J connectivity index is 2.20. The summed E-state index contributed by atoms with van der Waals surface area (Å²) < 4.78 is 19.2. The van der Waals surface area contributed by atoms with E-state index >= 15 is 0 Å². The molecule has 19 heavy (non-hydrogen) atoms. The maximum absolute atomic E-state index is 13.3. The van der Waals surface area contributed by atoms with E-state index in [-0.39, 0.29) is 5.75 Å². The molecule has 0 aliphatic rings. The molecule has 0 saturated heterocycles. The summed E-state index contributed by atoms with van der Waals surface area (Å²) in [7, 11) is 1.41. The highest BCUT2D eigenvalue weighted by Gasteiger charge is 2.13. The largest absolute Gasteiger partial charge is 0.494 e. The number of methoxy groups -OCH3 is 1. The molecule has 4 heteroatoms. The predicted molar refractivity (Wildman–Crippen MR) is 75.8 cm³/mol. The van der Waals surface area contributed by atoms with Gasteiger partial charge < -0.3 is 9.84 Å². The summed E-state index contributed by atoms with van der Waals surface area (Å²) in [4.78, 5) is 0. The molecule has 0 heterocycles. The molecule has 2 rings (SSSR count). The number of halogens is 2. The van der Waals surface area contributed by atoms with Crippen molar-refractivity contribution in [3.05, 3.63) is 63.9 Å². The van der Waals surface area contributed by atoms with Crippen molar-refractivity contribution in [3.8, 4) is 5.75 Å². The Morgan fingerprint density at radius 1 is 1.26 bits per heavy atom. The topological polar surface area (TPSA) is 29.5 Å². The molecule has 2 nitrogen and oxygen atoms in total. The van der Waals surface area contributed by atoms with E-state index in [1.54, 1.807) is 6.07 Å². The second kappa shape index (κ2) is 6.17. The van der Waals surface area contributed by atoms with Crippen LogP contribution >= 0.6 is 15.9 Å². The zero-order chi connectivity index (χ0) is 13.8. The fourth-order valence-corrected chi connectivity index (χ4v) is 2.32. The molecule has 1 N–H and O–H groups in total. The van der Waals surface area contributed by atoms with Crippen LogP contribution in [-0.4, -0.2) is 12.2 Å². The van der Waals surface area contributed by atoms with E-state index < -0.39 is 11.9 Å². The minimum Gasteiger partial charge on any atom is -0.494 e. The van der Waals surface area contributed by atoms with Gasteiger partial charge in [-0.05, 0) is 29.3 Å². The lowest BCUT2D eigenvalue weighted by molar-refractivity contribution is 0.177. The highest BCUT2D eigenvalue weighted by molar-refractivity contribution is 9.10. The van der Waals surface area contributed by atoms with Crippen LogP contribution in [0.25, 0.3) is 0 Å². The van der Waals surface area contributed by atoms with Crippen molar-refractivity contribution in [1.29, 1.82) is 0 Å². The van der Waals surface area contributed by atoms with Crippen LogP contribution in [0, 0.1) is 5.82 Å². The van der Waals surface area contributed by atoms with Gasteiger partial charge in [0.25, 0.3) is 0 Å². The van der Waals surface area contributed by atoms with Crippen molar-refractivity contribution in [2.45, 2.75) is 12.5 Å². The molecule has 100 valence electrons. The Morgan fingerprint density at radius 3 is 2.68 bits per heavy atom. The Hall–Kier alpha value is -1.39. The van der Waals surface area contributed by atoms with Crippen molar-refractivity contribution in [2.24, 2.45) is 0 Å². The van der Waals surface area contributed by atoms with Gasteiger partial charge in [0, 0.05) is 10.9 Å². The van der Waals surface area contributed by atoms with Crippen LogP contribution in [-0.2, 0) is 6.42 Å². The zero-order valence-electron chi connectivity index (χ0n) is 10.4. The monoisotopic (exact) mass is 324 g/mol. The summed E-state index contributed by atoms with van der Waals surface area (Å²) in [6, 6.07) is 12.1. The van der Waals surface area contributed by atoms with Crippen LogP contribution in [0.5, 0.6) is 5.75 Å². The number of hydrogen-bond acceptors (Lipinski definition) is 2.